The molecule has 0 bridgehead atoms. The fourth-order valence-corrected chi connectivity index (χ4v) is 2.57. The van der Waals surface area contributed by atoms with Gasteiger partial charge >= 0.3 is 5.97 Å². The number of piperidine rings is 1. The summed E-state index contributed by atoms with van der Waals surface area (Å²) in [6, 6.07) is -0.472. The second kappa shape index (κ2) is 5.42. The van der Waals surface area contributed by atoms with E-state index in [1.54, 1.807) is 11.8 Å². The van der Waals surface area contributed by atoms with E-state index >= 15 is 0 Å². The van der Waals surface area contributed by atoms with Gasteiger partial charge in [0, 0.05) is 12.2 Å². The van der Waals surface area contributed by atoms with Gasteiger partial charge in [-0.05, 0) is 33.1 Å². The van der Waals surface area contributed by atoms with Crippen LogP contribution in [0.4, 0.5) is 0 Å². The third-order valence-electron chi connectivity index (χ3n) is 3.58. The fraction of sp³-hybridized carbons (Fsp3) is 0.615. The van der Waals surface area contributed by atoms with Gasteiger partial charge in [0.05, 0.1) is 18.4 Å². The Morgan fingerprint density at radius 1 is 1.37 bits per heavy atom. The monoisotopic (exact) mass is 265 g/mol. The van der Waals surface area contributed by atoms with Crippen molar-refractivity contribution in [3.8, 4) is 0 Å². The number of rotatable bonds is 2. The lowest BCUT2D eigenvalue weighted by atomic mass is 10.0. The molecule has 6 nitrogen and oxygen atoms in total. The molecule has 2 rings (SSSR count). The molecule has 1 N–H and O–H groups in total. The third-order valence-corrected chi connectivity index (χ3v) is 3.58. The number of aromatic nitrogens is 2. The predicted octanol–water partition coefficient (Wildman–Crippen LogP) is 1.19. The Bertz CT molecular complexity index is 476. The van der Waals surface area contributed by atoms with Crippen LogP contribution in [0.15, 0.2) is 0 Å². The van der Waals surface area contributed by atoms with Crippen LogP contribution in [0.3, 0.4) is 0 Å². The van der Waals surface area contributed by atoms with E-state index in [4.69, 9.17) is 4.74 Å². The molecule has 104 valence electrons. The molecular formula is C13H19N3O3. The zero-order valence-electron chi connectivity index (χ0n) is 11.5. The van der Waals surface area contributed by atoms with Crippen molar-refractivity contribution in [2.45, 2.75) is 39.2 Å². The van der Waals surface area contributed by atoms with Crippen LogP contribution in [0.2, 0.25) is 0 Å². The highest BCUT2D eigenvalue weighted by Crippen LogP contribution is 2.22. The first-order chi connectivity index (χ1) is 9.06. The van der Waals surface area contributed by atoms with Crippen molar-refractivity contribution in [3.63, 3.8) is 0 Å². The first kappa shape index (κ1) is 13.6. The van der Waals surface area contributed by atoms with E-state index in [1.165, 1.54) is 7.11 Å². The van der Waals surface area contributed by atoms with Crippen molar-refractivity contribution < 1.29 is 14.3 Å². The first-order valence-electron chi connectivity index (χ1n) is 6.46. The second-order valence-corrected chi connectivity index (χ2v) is 4.84. The number of esters is 1. The van der Waals surface area contributed by atoms with Gasteiger partial charge in [-0.15, -0.1) is 0 Å². The molecule has 0 aromatic carbocycles. The van der Waals surface area contributed by atoms with Crippen LogP contribution in [0.5, 0.6) is 0 Å². The van der Waals surface area contributed by atoms with Crippen LogP contribution in [0.25, 0.3) is 0 Å². The molecule has 6 heteroatoms. The number of H-pyrrole nitrogens is 1. The fourth-order valence-electron chi connectivity index (χ4n) is 2.57. The summed E-state index contributed by atoms with van der Waals surface area (Å²) >= 11 is 0. The molecule has 1 aromatic rings. The van der Waals surface area contributed by atoms with Gasteiger partial charge in [-0.2, -0.15) is 5.10 Å². The van der Waals surface area contributed by atoms with E-state index in [2.05, 4.69) is 10.2 Å². The minimum Gasteiger partial charge on any atom is -0.467 e. The highest BCUT2D eigenvalue weighted by atomic mass is 16.5. The number of carbonyl (C=O) groups is 2. The van der Waals surface area contributed by atoms with Crippen LogP contribution in [0.1, 0.15) is 41.0 Å². The summed E-state index contributed by atoms with van der Waals surface area (Å²) in [5, 5.41) is 6.83. The van der Waals surface area contributed by atoms with Crippen LogP contribution < -0.4 is 0 Å². The number of amides is 1. The molecule has 0 radical (unpaired) electrons. The Labute approximate surface area is 112 Å². The van der Waals surface area contributed by atoms with E-state index in [-0.39, 0.29) is 11.9 Å². The summed E-state index contributed by atoms with van der Waals surface area (Å²) in [5.74, 6) is -0.481. The molecule has 1 amide bonds. The molecule has 0 unspecified atom stereocenters. The third kappa shape index (κ3) is 2.47. The maximum absolute atomic E-state index is 12.6. The van der Waals surface area contributed by atoms with Gasteiger partial charge in [0.25, 0.3) is 5.91 Å². The van der Waals surface area contributed by atoms with Gasteiger partial charge in [0.2, 0.25) is 0 Å². The number of carbonyl (C=O) groups excluding carboxylic acids is 2. The van der Waals surface area contributed by atoms with E-state index in [0.29, 0.717) is 24.2 Å². The SMILES string of the molecule is COC(=O)[C@H]1CCCCN1C(=O)c1c(C)n[nH]c1C. The minimum atomic E-state index is -0.472. The molecule has 19 heavy (non-hydrogen) atoms. The molecule has 1 aromatic heterocycles. The molecule has 1 aliphatic rings. The van der Waals surface area contributed by atoms with Gasteiger partial charge in [0.1, 0.15) is 6.04 Å². The van der Waals surface area contributed by atoms with Gasteiger partial charge in [0.15, 0.2) is 0 Å². The highest BCUT2D eigenvalue weighted by Gasteiger charge is 2.34. The number of nitrogens with one attached hydrogen (secondary N) is 1. The number of aryl methyl sites for hydroxylation is 2. The standard InChI is InChI=1S/C13H19N3O3/c1-8-11(9(2)15-14-8)12(17)16-7-5-4-6-10(16)13(18)19-3/h10H,4-7H2,1-3H3,(H,14,15)/t10-/m1/s1. The van der Waals surface area contributed by atoms with Gasteiger partial charge in [-0.1, -0.05) is 0 Å². The number of ether oxygens (including phenoxy) is 1. The lowest BCUT2D eigenvalue weighted by molar-refractivity contribution is -0.147. The Hall–Kier alpha value is -1.85. The Morgan fingerprint density at radius 2 is 2.11 bits per heavy atom. The zero-order chi connectivity index (χ0) is 14.0. The zero-order valence-corrected chi connectivity index (χ0v) is 11.5. The van der Waals surface area contributed by atoms with Crippen molar-refractivity contribution in [1.29, 1.82) is 0 Å². The lowest BCUT2D eigenvalue weighted by Crippen LogP contribution is -2.48. The number of aromatic amines is 1. The largest absolute Gasteiger partial charge is 0.467 e. The predicted molar refractivity (Wildman–Crippen MR) is 68.8 cm³/mol. The molecule has 0 aliphatic carbocycles. The Balaban J connectivity index is 2.28. The smallest absolute Gasteiger partial charge is 0.328 e. The highest BCUT2D eigenvalue weighted by molar-refractivity contribution is 5.98. The van der Waals surface area contributed by atoms with Gasteiger partial charge in [-0.25, -0.2) is 4.79 Å². The van der Waals surface area contributed by atoms with E-state index in [0.717, 1.165) is 18.5 Å². The van der Waals surface area contributed by atoms with Gasteiger partial charge in [-0.3, -0.25) is 9.89 Å². The molecule has 1 aliphatic heterocycles. The summed E-state index contributed by atoms with van der Waals surface area (Å²) < 4.78 is 4.79. The molecule has 0 saturated carbocycles. The molecule has 1 fully saturated rings. The quantitative estimate of drug-likeness (QED) is 0.815. The van der Waals surface area contributed by atoms with Crippen molar-refractivity contribution in [1.82, 2.24) is 15.1 Å². The molecule has 0 spiro atoms. The normalized spacial score (nSPS) is 19.3. The van der Waals surface area contributed by atoms with Crippen LogP contribution in [-0.4, -0.2) is 46.7 Å². The minimum absolute atomic E-state index is 0.140. The molecule has 1 atom stereocenters. The van der Waals surface area contributed by atoms with Gasteiger partial charge < -0.3 is 9.64 Å². The average Bonchev–Trinajstić information content (AvgIpc) is 2.76. The number of hydrogen-bond donors (Lipinski definition) is 1. The van der Waals surface area contributed by atoms with Crippen molar-refractivity contribution >= 4 is 11.9 Å². The topological polar surface area (TPSA) is 75.3 Å². The molecule has 2 heterocycles. The van der Waals surface area contributed by atoms with E-state index in [9.17, 15) is 9.59 Å². The summed E-state index contributed by atoms with van der Waals surface area (Å²) in [5.41, 5.74) is 1.96. The Kier molecular flexibility index (Phi) is 3.87. The summed E-state index contributed by atoms with van der Waals surface area (Å²) in [6.07, 6.45) is 2.51. The van der Waals surface area contributed by atoms with Crippen molar-refractivity contribution in [3.05, 3.63) is 17.0 Å². The number of methoxy groups -OCH3 is 1. The molecule has 1 saturated heterocycles. The maximum atomic E-state index is 12.6. The van der Waals surface area contributed by atoms with Crippen molar-refractivity contribution in [2.75, 3.05) is 13.7 Å². The average molecular weight is 265 g/mol. The first-order valence-corrected chi connectivity index (χ1v) is 6.46. The van der Waals surface area contributed by atoms with E-state index in [1.807, 2.05) is 6.92 Å². The summed E-state index contributed by atoms with van der Waals surface area (Å²) in [4.78, 5) is 26.0. The Morgan fingerprint density at radius 3 is 2.68 bits per heavy atom. The lowest BCUT2D eigenvalue weighted by Gasteiger charge is -2.33. The van der Waals surface area contributed by atoms with E-state index < -0.39 is 6.04 Å². The summed E-state index contributed by atoms with van der Waals surface area (Å²) in [6.45, 7) is 4.18. The number of likely N-dealkylation sites (tertiary alicyclic amines) is 1. The number of nitrogens with zero attached hydrogens (tertiary/aromatic N) is 2. The van der Waals surface area contributed by atoms with Crippen molar-refractivity contribution in [2.24, 2.45) is 0 Å². The second-order valence-electron chi connectivity index (χ2n) is 4.84. The summed E-state index contributed by atoms with van der Waals surface area (Å²) in [7, 11) is 1.36. The van der Waals surface area contributed by atoms with Crippen LogP contribution in [0, 0.1) is 13.8 Å². The number of hydrogen-bond acceptors (Lipinski definition) is 4. The molecular weight excluding hydrogens is 246 g/mol. The van der Waals surface area contributed by atoms with Crippen LogP contribution >= 0.6 is 0 Å². The maximum Gasteiger partial charge on any atom is 0.328 e. The van der Waals surface area contributed by atoms with Crippen LogP contribution in [-0.2, 0) is 9.53 Å².